The minimum atomic E-state index is -1.02. The Morgan fingerprint density at radius 3 is 2.43 bits per heavy atom. The summed E-state index contributed by atoms with van der Waals surface area (Å²) in [5.41, 5.74) is 0.863. The molecule has 1 aliphatic rings. The Kier molecular flexibility index (Phi) is 7.73. The van der Waals surface area contributed by atoms with E-state index in [2.05, 4.69) is 12.2 Å². The summed E-state index contributed by atoms with van der Waals surface area (Å²) in [6.45, 7) is 2.12. The number of anilines is 1. The summed E-state index contributed by atoms with van der Waals surface area (Å²) in [4.78, 5) is 27.7. The summed E-state index contributed by atoms with van der Waals surface area (Å²) < 4.78 is 13.5. The van der Waals surface area contributed by atoms with E-state index >= 15 is 0 Å². The highest BCUT2D eigenvalue weighted by Gasteiger charge is 2.35. The zero-order valence-corrected chi connectivity index (χ0v) is 18.3. The van der Waals surface area contributed by atoms with E-state index in [4.69, 9.17) is 23.2 Å². The summed E-state index contributed by atoms with van der Waals surface area (Å²) in [5.74, 6) is -1.22. The molecule has 0 aliphatic heterocycles. The van der Waals surface area contributed by atoms with Gasteiger partial charge in [0.05, 0.1) is 0 Å². The van der Waals surface area contributed by atoms with Crippen LogP contribution in [0.5, 0.6) is 0 Å². The number of hydrogen-bond acceptors (Lipinski definition) is 2. The van der Waals surface area contributed by atoms with Crippen LogP contribution in [0.1, 0.15) is 44.2 Å². The molecule has 1 saturated carbocycles. The van der Waals surface area contributed by atoms with Crippen LogP contribution in [0, 0.1) is 11.7 Å². The maximum Gasteiger partial charge on any atom is 0.248 e. The second kappa shape index (κ2) is 10.3. The topological polar surface area (TPSA) is 49.4 Å². The first kappa shape index (κ1) is 22.6. The van der Waals surface area contributed by atoms with Crippen LogP contribution in [0.25, 0.3) is 0 Å². The number of carbonyl (C=O) groups is 2. The molecule has 7 heteroatoms. The van der Waals surface area contributed by atoms with Gasteiger partial charge in [0.1, 0.15) is 17.7 Å². The van der Waals surface area contributed by atoms with Gasteiger partial charge in [-0.2, -0.15) is 0 Å². The second-order valence-electron chi connectivity index (χ2n) is 7.67. The van der Waals surface area contributed by atoms with Crippen molar-refractivity contribution in [2.45, 2.75) is 44.7 Å². The molecule has 0 bridgehead atoms. The molecular weight excluding hydrogens is 426 g/mol. The Morgan fingerprint density at radius 2 is 1.80 bits per heavy atom. The monoisotopic (exact) mass is 450 g/mol. The lowest BCUT2D eigenvalue weighted by atomic mass is 9.85. The maximum atomic E-state index is 13.5. The molecule has 4 nitrogen and oxygen atoms in total. The third kappa shape index (κ3) is 5.13. The molecular formula is C23H25Cl2FN2O2. The molecule has 1 aliphatic carbocycles. The van der Waals surface area contributed by atoms with Crippen molar-refractivity contribution in [2.75, 3.05) is 10.8 Å². The molecule has 0 unspecified atom stereocenters. The molecule has 0 spiro atoms. The lowest BCUT2D eigenvalue weighted by molar-refractivity contribution is -0.126. The third-order valence-electron chi connectivity index (χ3n) is 5.63. The minimum absolute atomic E-state index is 0.0254. The van der Waals surface area contributed by atoms with E-state index in [-0.39, 0.29) is 17.8 Å². The highest BCUT2D eigenvalue weighted by Crippen LogP contribution is 2.33. The van der Waals surface area contributed by atoms with E-state index in [1.54, 1.807) is 24.3 Å². The number of alkyl halides is 1. The summed E-state index contributed by atoms with van der Waals surface area (Å²) in [6, 6.07) is 11.3. The number of hydrogen-bond donors (Lipinski definition) is 1. The van der Waals surface area contributed by atoms with Gasteiger partial charge in [0, 0.05) is 22.3 Å². The lowest BCUT2D eigenvalue weighted by Crippen LogP contribution is -2.49. The van der Waals surface area contributed by atoms with E-state index in [1.165, 1.54) is 29.2 Å². The van der Waals surface area contributed by atoms with Gasteiger partial charge in [-0.1, -0.05) is 49.6 Å². The quantitative estimate of drug-likeness (QED) is 0.591. The molecule has 0 radical (unpaired) electrons. The van der Waals surface area contributed by atoms with Crippen molar-refractivity contribution >= 4 is 40.7 Å². The number of halogens is 3. The van der Waals surface area contributed by atoms with Gasteiger partial charge in [-0.15, -0.1) is 11.6 Å². The van der Waals surface area contributed by atoms with E-state index in [1.807, 2.05) is 0 Å². The first-order chi connectivity index (χ1) is 14.4. The number of benzene rings is 2. The Morgan fingerprint density at radius 1 is 1.13 bits per heavy atom. The van der Waals surface area contributed by atoms with Crippen molar-refractivity contribution < 1.29 is 14.0 Å². The molecule has 2 amide bonds. The smallest absolute Gasteiger partial charge is 0.248 e. The van der Waals surface area contributed by atoms with Gasteiger partial charge in [0.15, 0.2) is 0 Å². The van der Waals surface area contributed by atoms with Crippen molar-refractivity contribution in [1.29, 1.82) is 0 Å². The predicted molar refractivity (Wildman–Crippen MR) is 118 cm³/mol. The van der Waals surface area contributed by atoms with E-state index < -0.39 is 17.8 Å². The molecule has 160 valence electrons. The number of rotatable bonds is 6. The lowest BCUT2D eigenvalue weighted by Gasteiger charge is -2.35. The average Bonchev–Trinajstić information content (AvgIpc) is 2.74. The first-order valence-electron chi connectivity index (χ1n) is 10.1. The maximum absolute atomic E-state index is 13.5. The molecule has 3 rings (SSSR count). The Labute approximate surface area is 186 Å². The molecule has 3 atom stereocenters. The Bertz CT molecular complexity index is 891. The fourth-order valence-corrected chi connectivity index (χ4v) is 4.36. The second-order valence-corrected chi connectivity index (χ2v) is 8.35. The summed E-state index contributed by atoms with van der Waals surface area (Å²) in [6.07, 6.45) is 4.13. The fourth-order valence-electron chi connectivity index (χ4n) is 3.99. The highest BCUT2D eigenvalue weighted by atomic mass is 35.5. The largest absolute Gasteiger partial charge is 0.351 e. The fraction of sp³-hybridized carbons (Fsp3) is 0.391. The summed E-state index contributed by atoms with van der Waals surface area (Å²) in [5, 5.41) is 3.49. The zero-order valence-electron chi connectivity index (χ0n) is 16.8. The van der Waals surface area contributed by atoms with Crippen LogP contribution in [-0.2, 0) is 9.59 Å². The van der Waals surface area contributed by atoms with Gasteiger partial charge in [-0.3, -0.25) is 14.5 Å². The normalized spacial score (nSPS) is 19.7. The summed E-state index contributed by atoms with van der Waals surface area (Å²) >= 11 is 12.3. The van der Waals surface area contributed by atoms with Crippen molar-refractivity contribution in [3.8, 4) is 0 Å². The number of amides is 2. The van der Waals surface area contributed by atoms with Crippen molar-refractivity contribution in [3.63, 3.8) is 0 Å². The summed E-state index contributed by atoms with van der Waals surface area (Å²) in [7, 11) is 0. The molecule has 0 saturated heterocycles. The molecule has 30 heavy (non-hydrogen) atoms. The first-order valence-corrected chi connectivity index (χ1v) is 11.0. The average molecular weight is 451 g/mol. The van der Waals surface area contributed by atoms with Crippen LogP contribution in [0.2, 0.25) is 5.02 Å². The van der Waals surface area contributed by atoms with E-state index in [9.17, 15) is 14.0 Å². The third-order valence-corrected chi connectivity index (χ3v) is 6.21. The van der Waals surface area contributed by atoms with Gasteiger partial charge in [-0.05, 0) is 49.1 Å². The standard InChI is InChI=1S/C23H25Cl2FN2O2/c1-15-6-2-5-9-20(15)27-23(30)22(18-7-3-4-8-19(18)25)28(21(29)14-24)17-12-10-16(26)11-13-17/h3-4,7-8,10-13,15,20,22H,2,5-6,9,14H2,1H3,(H,27,30)/t15-,20+,22-/m1/s1. The van der Waals surface area contributed by atoms with Crippen molar-refractivity contribution in [1.82, 2.24) is 5.32 Å². The van der Waals surface area contributed by atoms with Crippen LogP contribution in [-0.4, -0.2) is 23.7 Å². The van der Waals surface area contributed by atoms with Crippen LogP contribution >= 0.6 is 23.2 Å². The molecule has 2 aromatic carbocycles. The predicted octanol–water partition coefficient (Wildman–Crippen LogP) is 5.49. The SMILES string of the molecule is C[C@@H]1CCCC[C@@H]1NC(=O)[C@@H](c1ccccc1Cl)N(C(=O)CCl)c1ccc(F)cc1. The van der Waals surface area contributed by atoms with Crippen LogP contribution < -0.4 is 10.2 Å². The van der Waals surface area contributed by atoms with Crippen LogP contribution in [0.3, 0.4) is 0 Å². The molecule has 1 fully saturated rings. The molecule has 2 aromatic rings. The number of nitrogens with one attached hydrogen (secondary N) is 1. The van der Waals surface area contributed by atoms with E-state index in [0.29, 0.717) is 22.2 Å². The van der Waals surface area contributed by atoms with Gasteiger partial charge in [0.2, 0.25) is 11.8 Å². The van der Waals surface area contributed by atoms with Gasteiger partial charge < -0.3 is 5.32 Å². The van der Waals surface area contributed by atoms with Crippen LogP contribution in [0.15, 0.2) is 48.5 Å². The van der Waals surface area contributed by atoms with Gasteiger partial charge >= 0.3 is 0 Å². The van der Waals surface area contributed by atoms with Crippen molar-refractivity contribution in [3.05, 3.63) is 64.9 Å². The number of carbonyl (C=O) groups excluding carboxylic acids is 2. The van der Waals surface area contributed by atoms with E-state index in [0.717, 1.165) is 25.7 Å². The highest BCUT2D eigenvalue weighted by molar-refractivity contribution is 6.32. The molecule has 1 N–H and O–H groups in total. The molecule has 0 heterocycles. The number of nitrogens with zero attached hydrogens (tertiary/aromatic N) is 1. The van der Waals surface area contributed by atoms with Crippen LogP contribution in [0.4, 0.5) is 10.1 Å². The Balaban J connectivity index is 2.04. The zero-order chi connectivity index (χ0) is 21.7. The minimum Gasteiger partial charge on any atom is -0.351 e. The van der Waals surface area contributed by atoms with Gasteiger partial charge in [-0.25, -0.2) is 4.39 Å². The Hall–Kier alpha value is -2.11. The molecule has 0 aromatic heterocycles. The van der Waals surface area contributed by atoms with Gasteiger partial charge in [0.25, 0.3) is 0 Å². The van der Waals surface area contributed by atoms with Crippen molar-refractivity contribution in [2.24, 2.45) is 5.92 Å².